The van der Waals surface area contributed by atoms with Crippen molar-refractivity contribution in [1.82, 2.24) is 10.6 Å². The number of benzene rings is 1. The molecule has 3 rings (SSSR count). The Bertz CT molecular complexity index is 682. The fourth-order valence-electron chi connectivity index (χ4n) is 2.87. The van der Waals surface area contributed by atoms with E-state index in [4.69, 9.17) is 0 Å². The van der Waals surface area contributed by atoms with Gasteiger partial charge in [0.05, 0.1) is 16.7 Å². The molecule has 21 heavy (non-hydrogen) atoms. The monoisotopic (exact) mass is 306 g/mol. The van der Waals surface area contributed by atoms with E-state index in [1.807, 2.05) is 6.08 Å². The second kappa shape index (κ2) is 5.52. The van der Waals surface area contributed by atoms with Crippen molar-refractivity contribution in [3.05, 3.63) is 42.0 Å². The summed E-state index contributed by atoms with van der Waals surface area (Å²) in [6.07, 6.45) is 7.08. The molecule has 1 aromatic rings. The van der Waals surface area contributed by atoms with Gasteiger partial charge in [-0.25, -0.2) is 13.2 Å². The van der Waals surface area contributed by atoms with Crippen LogP contribution in [-0.2, 0) is 9.84 Å². The Morgan fingerprint density at radius 2 is 2.00 bits per heavy atom. The largest absolute Gasteiger partial charge is 0.332 e. The van der Waals surface area contributed by atoms with Crippen LogP contribution in [0.15, 0.2) is 41.3 Å². The Hall–Kier alpha value is -1.82. The van der Waals surface area contributed by atoms with Gasteiger partial charge < -0.3 is 10.6 Å². The third-order valence-corrected chi connectivity index (χ3v) is 5.71. The molecule has 2 amide bonds. The van der Waals surface area contributed by atoms with Gasteiger partial charge in [0.1, 0.15) is 0 Å². The van der Waals surface area contributed by atoms with E-state index in [9.17, 15) is 13.2 Å². The molecule has 0 radical (unpaired) electrons. The summed E-state index contributed by atoms with van der Waals surface area (Å²) >= 11 is 0. The molecule has 1 heterocycles. The van der Waals surface area contributed by atoms with Gasteiger partial charge in [0.25, 0.3) is 0 Å². The predicted octanol–water partition coefficient (Wildman–Crippen LogP) is 1.92. The van der Waals surface area contributed by atoms with E-state index in [-0.39, 0.29) is 17.8 Å². The third kappa shape index (κ3) is 2.95. The van der Waals surface area contributed by atoms with E-state index < -0.39 is 15.9 Å². The molecule has 5 nitrogen and oxygen atoms in total. The highest BCUT2D eigenvalue weighted by Crippen LogP contribution is 2.32. The minimum Gasteiger partial charge on any atom is -0.332 e. The van der Waals surface area contributed by atoms with Crippen molar-refractivity contribution < 1.29 is 13.2 Å². The first-order chi connectivity index (χ1) is 10.1. The second-order valence-electron chi connectivity index (χ2n) is 5.46. The average molecular weight is 306 g/mol. The van der Waals surface area contributed by atoms with Crippen LogP contribution >= 0.6 is 0 Å². The third-order valence-electron chi connectivity index (χ3n) is 3.89. The summed E-state index contributed by atoms with van der Waals surface area (Å²) in [5, 5.41) is 5.65. The van der Waals surface area contributed by atoms with Crippen LogP contribution in [0.5, 0.6) is 0 Å². The molecule has 6 heteroatoms. The molecule has 0 unspecified atom stereocenters. The summed E-state index contributed by atoms with van der Waals surface area (Å²) in [6.45, 7) is 0. The lowest BCUT2D eigenvalue weighted by atomic mass is 10.0. The number of nitrogens with one attached hydrogen (secondary N) is 2. The van der Waals surface area contributed by atoms with Gasteiger partial charge in [0.2, 0.25) is 0 Å². The van der Waals surface area contributed by atoms with Crippen molar-refractivity contribution >= 4 is 15.9 Å². The van der Waals surface area contributed by atoms with Gasteiger partial charge in [-0.05, 0) is 30.9 Å². The Labute approximate surface area is 124 Å². The van der Waals surface area contributed by atoms with Crippen LogP contribution in [0.1, 0.15) is 30.9 Å². The topological polar surface area (TPSA) is 75.3 Å². The number of hydrogen-bond acceptors (Lipinski definition) is 3. The minimum atomic E-state index is -3.29. The van der Waals surface area contributed by atoms with Crippen LogP contribution in [0.25, 0.3) is 0 Å². The maximum atomic E-state index is 12.1. The lowest BCUT2D eigenvalue weighted by Gasteiger charge is -2.20. The van der Waals surface area contributed by atoms with Gasteiger partial charge in [-0.2, -0.15) is 0 Å². The van der Waals surface area contributed by atoms with Gasteiger partial charge in [-0.1, -0.05) is 30.4 Å². The number of carbonyl (C=O) groups excluding carboxylic acids is 1. The number of fused-ring (bicyclic) bond motifs is 1. The highest BCUT2D eigenvalue weighted by Gasteiger charge is 2.35. The zero-order valence-electron chi connectivity index (χ0n) is 11.6. The Kier molecular flexibility index (Phi) is 3.71. The fraction of sp³-hybridized carbons (Fsp3) is 0.400. The van der Waals surface area contributed by atoms with Crippen molar-refractivity contribution in [1.29, 1.82) is 0 Å². The predicted molar refractivity (Wildman–Crippen MR) is 79.7 cm³/mol. The lowest BCUT2D eigenvalue weighted by molar-refractivity contribution is 0.235. The molecule has 0 bridgehead atoms. The molecule has 1 aliphatic carbocycles. The average Bonchev–Trinajstić information content (AvgIpc) is 2.72. The molecule has 0 aromatic heterocycles. The Balaban J connectivity index is 1.70. The zero-order chi connectivity index (χ0) is 14.9. The Morgan fingerprint density at radius 3 is 2.76 bits per heavy atom. The normalized spacial score (nSPS) is 26.1. The summed E-state index contributed by atoms with van der Waals surface area (Å²) in [5.41, 5.74) is 0.673. The van der Waals surface area contributed by atoms with Gasteiger partial charge >= 0.3 is 6.03 Å². The number of carbonyl (C=O) groups is 1. The van der Waals surface area contributed by atoms with Crippen molar-refractivity contribution in [2.45, 2.75) is 36.2 Å². The van der Waals surface area contributed by atoms with E-state index in [1.165, 1.54) is 0 Å². The Morgan fingerprint density at radius 1 is 1.19 bits per heavy atom. The number of sulfone groups is 1. The van der Waals surface area contributed by atoms with Gasteiger partial charge in [-0.15, -0.1) is 0 Å². The van der Waals surface area contributed by atoms with E-state index in [0.717, 1.165) is 19.3 Å². The number of allylic oxidation sites excluding steroid dienone is 1. The highest BCUT2D eigenvalue weighted by atomic mass is 32.2. The van der Waals surface area contributed by atoms with Crippen LogP contribution in [0, 0.1) is 0 Å². The summed E-state index contributed by atoms with van der Waals surface area (Å²) in [5.74, 6) is -0.0692. The summed E-state index contributed by atoms with van der Waals surface area (Å²) in [6, 6.07) is 6.08. The molecular weight excluding hydrogens is 288 g/mol. The van der Waals surface area contributed by atoms with Crippen LogP contribution in [-0.4, -0.2) is 26.2 Å². The first-order valence-corrected chi connectivity index (χ1v) is 8.77. The quantitative estimate of drug-likeness (QED) is 0.820. The zero-order valence-corrected chi connectivity index (χ0v) is 12.4. The molecule has 0 spiro atoms. The van der Waals surface area contributed by atoms with E-state index in [1.54, 1.807) is 24.3 Å². The molecule has 1 aliphatic heterocycles. The SMILES string of the molecule is O=C(N[C@@H]1C=CCCC1)N[C@H]1CS(=O)(=O)c2ccccc21. The first-order valence-electron chi connectivity index (χ1n) is 7.12. The number of hydrogen-bond donors (Lipinski definition) is 2. The van der Waals surface area contributed by atoms with Crippen LogP contribution in [0.2, 0.25) is 0 Å². The first kappa shape index (κ1) is 14.1. The van der Waals surface area contributed by atoms with Crippen LogP contribution in [0.4, 0.5) is 4.79 Å². The maximum absolute atomic E-state index is 12.1. The fourth-order valence-corrected chi connectivity index (χ4v) is 4.61. The minimum absolute atomic E-state index is 0.0343. The number of urea groups is 1. The van der Waals surface area contributed by atoms with Gasteiger partial charge in [-0.3, -0.25) is 0 Å². The molecule has 0 saturated heterocycles. The van der Waals surface area contributed by atoms with E-state index in [2.05, 4.69) is 16.7 Å². The van der Waals surface area contributed by atoms with Crippen molar-refractivity contribution in [2.24, 2.45) is 0 Å². The standard InChI is InChI=1S/C15H18N2O3S/c18-15(16-11-6-2-1-3-7-11)17-13-10-21(19,20)14-9-5-4-8-12(13)14/h2,4-6,8-9,11,13H,1,3,7,10H2,(H2,16,17,18)/t11-,13+/m1/s1. The lowest BCUT2D eigenvalue weighted by Crippen LogP contribution is -2.43. The van der Waals surface area contributed by atoms with Crippen molar-refractivity contribution in [2.75, 3.05) is 5.75 Å². The molecular formula is C15H18N2O3S. The van der Waals surface area contributed by atoms with E-state index in [0.29, 0.717) is 10.5 Å². The van der Waals surface area contributed by atoms with Gasteiger partial charge in [0.15, 0.2) is 9.84 Å². The number of rotatable bonds is 2. The van der Waals surface area contributed by atoms with E-state index >= 15 is 0 Å². The molecule has 0 fully saturated rings. The van der Waals surface area contributed by atoms with Crippen molar-refractivity contribution in [3.8, 4) is 0 Å². The second-order valence-corrected chi connectivity index (χ2v) is 7.46. The van der Waals surface area contributed by atoms with Gasteiger partial charge in [0, 0.05) is 6.04 Å². The molecule has 2 N–H and O–H groups in total. The summed E-state index contributed by atoms with van der Waals surface area (Å²) in [7, 11) is -3.29. The summed E-state index contributed by atoms with van der Waals surface area (Å²) in [4.78, 5) is 12.4. The molecule has 2 atom stereocenters. The maximum Gasteiger partial charge on any atom is 0.315 e. The number of amides is 2. The van der Waals surface area contributed by atoms with Crippen LogP contribution in [0.3, 0.4) is 0 Å². The highest BCUT2D eigenvalue weighted by molar-refractivity contribution is 7.91. The molecule has 112 valence electrons. The molecule has 0 saturated carbocycles. The molecule has 2 aliphatic rings. The summed E-state index contributed by atoms with van der Waals surface area (Å²) < 4.78 is 24.1. The van der Waals surface area contributed by atoms with Crippen LogP contribution < -0.4 is 10.6 Å². The van der Waals surface area contributed by atoms with Crippen molar-refractivity contribution in [3.63, 3.8) is 0 Å². The smallest absolute Gasteiger partial charge is 0.315 e. The molecule has 1 aromatic carbocycles.